The fourth-order valence-electron chi connectivity index (χ4n) is 2.54. The van der Waals surface area contributed by atoms with Crippen molar-refractivity contribution in [3.8, 4) is 0 Å². The standard InChI is InChI=1S/C13H24N2O2/c1-12(2,3)17-11(16)14-9-6-13(4,10-14)15-7-5-8-15/h5-10H2,1-4H3/t13-/m1/s1. The molecule has 2 rings (SSSR count). The lowest BCUT2D eigenvalue weighted by Gasteiger charge is -2.44. The minimum Gasteiger partial charge on any atom is -0.444 e. The summed E-state index contributed by atoms with van der Waals surface area (Å²) in [6.45, 7) is 12.0. The average molecular weight is 240 g/mol. The van der Waals surface area contributed by atoms with E-state index in [4.69, 9.17) is 4.74 Å². The van der Waals surface area contributed by atoms with Crippen LogP contribution < -0.4 is 0 Å². The van der Waals surface area contributed by atoms with E-state index in [0.29, 0.717) is 0 Å². The van der Waals surface area contributed by atoms with Crippen molar-refractivity contribution < 1.29 is 9.53 Å². The number of hydrogen-bond acceptors (Lipinski definition) is 3. The van der Waals surface area contributed by atoms with Crippen molar-refractivity contribution in [2.45, 2.75) is 51.7 Å². The van der Waals surface area contributed by atoms with Crippen LogP contribution >= 0.6 is 0 Å². The lowest BCUT2D eigenvalue weighted by atomic mass is 9.95. The normalized spacial score (nSPS) is 30.2. The van der Waals surface area contributed by atoms with Gasteiger partial charge in [-0.2, -0.15) is 0 Å². The smallest absolute Gasteiger partial charge is 0.410 e. The molecule has 0 aliphatic carbocycles. The summed E-state index contributed by atoms with van der Waals surface area (Å²) >= 11 is 0. The second-order valence-electron chi connectivity index (χ2n) is 6.49. The molecule has 2 aliphatic heterocycles. The van der Waals surface area contributed by atoms with Gasteiger partial charge >= 0.3 is 6.09 Å². The molecule has 2 heterocycles. The topological polar surface area (TPSA) is 32.8 Å². The first-order valence-corrected chi connectivity index (χ1v) is 6.53. The molecular weight excluding hydrogens is 216 g/mol. The van der Waals surface area contributed by atoms with Crippen molar-refractivity contribution in [1.29, 1.82) is 0 Å². The molecule has 0 aromatic carbocycles. The Labute approximate surface area is 104 Å². The third-order valence-corrected chi connectivity index (χ3v) is 3.72. The first-order chi connectivity index (χ1) is 7.80. The number of carbonyl (C=O) groups is 1. The van der Waals surface area contributed by atoms with Crippen LogP contribution in [0.25, 0.3) is 0 Å². The second-order valence-corrected chi connectivity index (χ2v) is 6.49. The maximum absolute atomic E-state index is 12.0. The van der Waals surface area contributed by atoms with Crippen molar-refractivity contribution in [1.82, 2.24) is 9.80 Å². The molecule has 0 aromatic heterocycles. The largest absolute Gasteiger partial charge is 0.444 e. The lowest BCUT2D eigenvalue weighted by molar-refractivity contribution is 0.0180. The number of rotatable bonds is 1. The predicted molar refractivity (Wildman–Crippen MR) is 67.0 cm³/mol. The van der Waals surface area contributed by atoms with E-state index in [0.717, 1.165) is 19.5 Å². The fourth-order valence-corrected chi connectivity index (χ4v) is 2.54. The highest BCUT2D eigenvalue weighted by Crippen LogP contribution is 2.31. The van der Waals surface area contributed by atoms with Crippen molar-refractivity contribution in [3.05, 3.63) is 0 Å². The molecule has 17 heavy (non-hydrogen) atoms. The molecule has 2 saturated heterocycles. The minimum atomic E-state index is -0.396. The summed E-state index contributed by atoms with van der Waals surface area (Å²) in [6.07, 6.45) is 2.19. The fraction of sp³-hybridized carbons (Fsp3) is 0.923. The molecule has 4 nitrogen and oxygen atoms in total. The first-order valence-electron chi connectivity index (χ1n) is 6.53. The molecule has 0 unspecified atom stereocenters. The van der Waals surface area contributed by atoms with E-state index < -0.39 is 5.60 Å². The van der Waals surface area contributed by atoms with Crippen molar-refractivity contribution in [2.75, 3.05) is 26.2 Å². The highest BCUT2D eigenvalue weighted by molar-refractivity contribution is 5.68. The van der Waals surface area contributed by atoms with E-state index >= 15 is 0 Å². The van der Waals surface area contributed by atoms with E-state index in [9.17, 15) is 4.79 Å². The monoisotopic (exact) mass is 240 g/mol. The van der Waals surface area contributed by atoms with Crippen LogP contribution in [0.1, 0.15) is 40.5 Å². The molecule has 0 spiro atoms. The van der Waals surface area contributed by atoms with Gasteiger partial charge in [0.25, 0.3) is 0 Å². The molecule has 0 radical (unpaired) electrons. The van der Waals surface area contributed by atoms with Gasteiger partial charge < -0.3 is 9.64 Å². The maximum Gasteiger partial charge on any atom is 0.410 e. The van der Waals surface area contributed by atoms with Crippen LogP contribution in [0.3, 0.4) is 0 Å². The Morgan fingerprint density at radius 1 is 1.24 bits per heavy atom. The zero-order valence-electron chi connectivity index (χ0n) is 11.5. The number of amides is 1. The van der Waals surface area contributed by atoms with Gasteiger partial charge in [0.15, 0.2) is 0 Å². The summed E-state index contributed by atoms with van der Waals surface area (Å²) in [5.74, 6) is 0. The number of nitrogens with zero attached hydrogens (tertiary/aromatic N) is 2. The summed E-state index contributed by atoms with van der Waals surface area (Å²) in [7, 11) is 0. The summed E-state index contributed by atoms with van der Waals surface area (Å²) in [4.78, 5) is 16.3. The number of likely N-dealkylation sites (tertiary alicyclic amines) is 2. The van der Waals surface area contributed by atoms with Crippen LogP contribution in [0.2, 0.25) is 0 Å². The summed E-state index contributed by atoms with van der Waals surface area (Å²) in [5, 5.41) is 0. The third-order valence-electron chi connectivity index (χ3n) is 3.72. The molecule has 2 fully saturated rings. The van der Waals surface area contributed by atoms with E-state index in [1.807, 2.05) is 25.7 Å². The van der Waals surface area contributed by atoms with Crippen LogP contribution in [0, 0.1) is 0 Å². The molecule has 0 bridgehead atoms. The van der Waals surface area contributed by atoms with Gasteiger partial charge in [-0.05, 0) is 53.6 Å². The molecule has 1 atom stereocenters. The Morgan fingerprint density at radius 2 is 1.88 bits per heavy atom. The van der Waals surface area contributed by atoms with Gasteiger partial charge in [-0.15, -0.1) is 0 Å². The van der Waals surface area contributed by atoms with Gasteiger partial charge in [0.05, 0.1) is 0 Å². The summed E-state index contributed by atoms with van der Waals surface area (Å²) < 4.78 is 5.41. The van der Waals surface area contributed by atoms with Gasteiger partial charge in [-0.25, -0.2) is 4.79 Å². The van der Waals surface area contributed by atoms with E-state index in [2.05, 4.69) is 11.8 Å². The van der Waals surface area contributed by atoms with Crippen LogP contribution in [0.15, 0.2) is 0 Å². The maximum atomic E-state index is 12.0. The van der Waals surface area contributed by atoms with Crippen molar-refractivity contribution >= 4 is 6.09 Å². The summed E-state index contributed by atoms with van der Waals surface area (Å²) in [6, 6.07) is 0. The third kappa shape index (κ3) is 2.73. The quantitative estimate of drug-likeness (QED) is 0.703. The lowest BCUT2D eigenvalue weighted by Crippen LogP contribution is -2.55. The molecule has 0 saturated carbocycles. The zero-order valence-corrected chi connectivity index (χ0v) is 11.5. The van der Waals surface area contributed by atoms with Crippen LogP contribution in [-0.4, -0.2) is 53.2 Å². The molecule has 2 aliphatic rings. The van der Waals surface area contributed by atoms with Crippen molar-refractivity contribution in [2.24, 2.45) is 0 Å². The molecule has 0 aromatic rings. The van der Waals surface area contributed by atoms with Crippen molar-refractivity contribution in [3.63, 3.8) is 0 Å². The predicted octanol–water partition coefficient (Wildman–Crippen LogP) is 2.09. The average Bonchev–Trinajstić information content (AvgIpc) is 2.41. The van der Waals surface area contributed by atoms with Gasteiger partial charge in [0, 0.05) is 18.6 Å². The minimum absolute atomic E-state index is 0.165. The van der Waals surface area contributed by atoms with E-state index in [1.54, 1.807) is 0 Å². The van der Waals surface area contributed by atoms with Gasteiger partial charge in [0.1, 0.15) is 5.60 Å². The van der Waals surface area contributed by atoms with Crippen LogP contribution in [-0.2, 0) is 4.74 Å². The Morgan fingerprint density at radius 3 is 2.35 bits per heavy atom. The van der Waals surface area contributed by atoms with E-state index in [-0.39, 0.29) is 11.6 Å². The number of ether oxygens (including phenoxy) is 1. The highest BCUT2D eigenvalue weighted by Gasteiger charge is 2.43. The second kappa shape index (κ2) is 4.16. The Bertz CT molecular complexity index is 307. The van der Waals surface area contributed by atoms with Gasteiger partial charge in [-0.1, -0.05) is 0 Å². The molecule has 0 N–H and O–H groups in total. The van der Waals surface area contributed by atoms with Crippen LogP contribution in [0.4, 0.5) is 4.79 Å². The Balaban J connectivity index is 1.91. The Kier molecular flexibility index (Phi) is 3.10. The SMILES string of the molecule is CC(C)(C)OC(=O)N1CC[C@@](C)(N2CCC2)C1. The zero-order chi connectivity index (χ0) is 12.7. The molecule has 98 valence electrons. The Hall–Kier alpha value is -0.770. The molecule has 4 heteroatoms. The van der Waals surface area contributed by atoms with E-state index in [1.165, 1.54) is 19.5 Å². The highest BCUT2D eigenvalue weighted by atomic mass is 16.6. The van der Waals surface area contributed by atoms with Gasteiger partial charge in [0.2, 0.25) is 0 Å². The molecule has 1 amide bonds. The molecular formula is C13H24N2O2. The van der Waals surface area contributed by atoms with Gasteiger partial charge in [-0.3, -0.25) is 4.90 Å². The summed E-state index contributed by atoms with van der Waals surface area (Å²) in [5.41, 5.74) is -0.220. The first kappa shape index (κ1) is 12.7. The number of carbonyl (C=O) groups excluding carboxylic acids is 1. The number of hydrogen-bond donors (Lipinski definition) is 0. The van der Waals surface area contributed by atoms with Crippen LogP contribution in [0.5, 0.6) is 0 Å².